The number of hydrogen-bond acceptors (Lipinski definition) is 2. The van der Waals surface area contributed by atoms with Gasteiger partial charge < -0.3 is 4.90 Å². The summed E-state index contributed by atoms with van der Waals surface area (Å²) in [5, 5.41) is 0. The van der Waals surface area contributed by atoms with Gasteiger partial charge in [-0.1, -0.05) is 89.0 Å². The Kier molecular flexibility index (Phi) is 14.1. The zero-order chi connectivity index (χ0) is 30.4. The number of hydrogen-bond donors (Lipinski definition) is 0. The first-order valence-electron chi connectivity index (χ1n) is 17.0. The molecule has 4 unspecified atom stereocenters. The van der Waals surface area contributed by atoms with Crippen molar-refractivity contribution < 1.29 is 0 Å². The van der Waals surface area contributed by atoms with Gasteiger partial charge in [0.15, 0.2) is 0 Å². The molecular formula is C37H76N2. The van der Waals surface area contributed by atoms with Crippen molar-refractivity contribution in [2.75, 3.05) is 26.2 Å². The summed E-state index contributed by atoms with van der Waals surface area (Å²) in [6.45, 7) is 43.0. The first-order chi connectivity index (χ1) is 17.5. The van der Waals surface area contributed by atoms with Gasteiger partial charge in [0, 0.05) is 24.7 Å². The molecule has 3 fully saturated rings. The van der Waals surface area contributed by atoms with Crippen LogP contribution in [-0.4, -0.2) is 47.6 Å². The van der Waals surface area contributed by atoms with Crippen LogP contribution in [0.1, 0.15) is 156 Å². The zero-order valence-electron chi connectivity index (χ0n) is 30.1. The van der Waals surface area contributed by atoms with Crippen molar-refractivity contribution in [3.8, 4) is 0 Å². The molecule has 0 aromatic heterocycles. The highest BCUT2D eigenvalue weighted by Gasteiger charge is 2.36. The van der Waals surface area contributed by atoms with Crippen LogP contribution in [-0.2, 0) is 0 Å². The van der Waals surface area contributed by atoms with Gasteiger partial charge >= 0.3 is 0 Å². The molecule has 0 bridgehead atoms. The fourth-order valence-electron chi connectivity index (χ4n) is 6.88. The minimum Gasteiger partial charge on any atom is -0.301 e. The molecule has 234 valence electrons. The van der Waals surface area contributed by atoms with E-state index in [1.165, 1.54) is 71.1 Å². The smallest absolute Gasteiger partial charge is 0.0125 e. The largest absolute Gasteiger partial charge is 0.301 e. The molecule has 0 amide bonds. The van der Waals surface area contributed by atoms with Gasteiger partial charge in [0.05, 0.1) is 0 Å². The van der Waals surface area contributed by atoms with Gasteiger partial charge in [-0.2, -0.15) is 0 Å². The van der Waals surface area contributed by atoms with Gasteiger partial charge in [0.25, 0.3) is 0 Å². The summed E-state index contributed by atoms with van der Waals surface area (Å²) in [6.07, 6.45) is 10.1. The van der Waals surface area contributed by atoms with Gasteiger partial charge in [-0.25, -0.2) is 0 Å². The lowest BCUT2D eigenvalue weighted by Crippen LogP contribution is -2.43. The van der Waals surface area contributed by atoms with Gasteiger partial charge in [0.1, 0.15) is 0 Å². The van der Waals surface area contributed by atoms with Crippen LogP contribution in [0.2, 0.25) is 0 Å². The second-order valence-electron chi connectivity index (χ2n) is 18.5. The van der Waals surface area contributed by atoms with Crippen LogP contribution in [0.5, 0.6) is 0 Å². The SMILES string of the molecule is CC(C)(C)C1CCN(C(C)(C)C)C1.CC(C)C1CCCC(C(C)(C)C)C1.CC(C)N1CCCC(C(C)(C)C)C1. The third-order valence-electron chi connectivity index (χ3n) is 10.7. The van der Waals surface area contributed by atoms with E-state index in [0.717, 1.165) is 35.6 Å². The lowest BCUT2D eigenvalue weighted by atomic mass is 9.67. The summed E-state index contributed by atoms with van der Waals surface area (Å²) >= 11 is 0. The highest BCUT2D eigenvalue weighted by molar-refractivity contribution is 4.89. The molecule has 3 rings (SSSR count). The molecule has 2 heteroatoms. The molecule has 1 aliphatic carbocycles. The summed E-state index contributed by atoms with van der Waals surface area (Å²) in [4.78, 5) is 5.24. The Morgan fingerprint density at radius 1 is 0.538 bits per heavy atom. The zero-order valence-corrected chi connectivity index (χ0v) is 30.1. The van der Waals surface area contributed by atoms with E-state index in [-0.39, 0.29) is 0 Å². The Hall–Kier alpha value is -0.0800. The Morgan fingerprint density at radius 3 is 1.41 bits per heavy atom. The van der Waals surface area contributed by atoms with E-state index in [2.05, 4.69) is 121 Å². The van der Waals surface area contributed by atoms with Crippen molar-refractivity contribution in [2.24, 2.45) is 45.8 Å². The molecule has 3 aliphatic rings. The van der Waals surface area contributed by atoms with Crippen LogP contribution >= 0.6 is 0 Å². The van der Waals surface area contributed by atoms with Crippen molar-refractivity contribution in [1.29, 1.82) is 0 Å². The van der Waals surface area contributed by atoms with E-state index < -0.39 is 0 Å². The van der Waals surface area contributed by atoms with Gasteiger partial charge in [-0.05, 0) is 126 Å². The summed E-state index contributed by atoms with van der Waals surface area (Å²) in [6, 6.07) is 0.727. The molecule has 2 aliphatic heterocycles. The summed E-state index contributed by atoms with van der Waals surface area (Å²) in [5.41, 5.74) is 1.88. The maximum atomic E-state index is 2.62. The Balaban J connectivity index is 0.000000292. The molecule has 0 spiro atoms. The number of nitrogens with zero attached hydrogens (tertiary/aromatic N) is 2. The van der Waals surface area contributed by atoms with Crippen LogP contribution in [0.4, 0.5) is 0 Å². The predicted octanol–water partition coefficient (Wildman–Crippen LogP) is 10.8. The molecule has 4 atom stereocenters. The van der Waals surface area contributed by atoms with Crippen LogP contribution < -0.4 is 0 Å². The second kappa shape index (κ2) is 14.9. The minimum absolute atomic E-state index is 0.361. The van der Waals surface area contributed by atoms with E-state index in [9.17, 15) is 0 Å². The third-order valence-corrected chi connectivity index (χ3v) is 10.7. The van der Waals surface area contributed by atoms with E-state index in [1.54, 1.807) is 0 Å². The van der Waals surface area contributed by atoms with E-state index >= 15 is 0 Å². The van der Waals surface area contributed by atoms with E-state index in [1.807, 2.05) is 0 Å². The fraction of sp³-hybridized carbons (Fsp3) is 1.00. The number of likely N-dealkylation sites (tertiary alicyclic amines) is 2. The average Bonchev–Trinajstić information content (AvgIpc) is 3.31. The molecule has 2 nitrogen and oxygen atoms in total. The van der Waals surface area contributed by atoms with Crippen molar-refractivity contribution >= 4 is 0 Å². The quantitative estimate of drug-likeness (QED) is 0.338. The summed E-state index contributed by atoms with van der Waals surface area (Å²) in [5.74, 6) is 4.63. The highest BCUT2D eigenvalue weighted by atomic mass is 15.2. The van der Waals surface area contributed by atoms with Crippen molar-refractivity contribution in [3.05, 3.63) is 0 Å². The van der Waals surface area contributed by atoms with Crippen molar-refractivity contribution in [3.63, 3.8) is 0 Å². The van der Waals surface area contributed by atoms with Crippen molar-refractivity contribution in [2.45, 2.75) is 167 Å². The van der Waals surface area contributed by atoms with Gasteiger partial charge in [0.2, 0.25) is 0 Å². The second-order valence-corrected chi connectivity index (χ2v) is 18.5. The van der Waals surface area contributed by atoms with Gasteiger partial charge in [-0.3, -0.25) is 4.90 Å². The highest BCUT2D eigenvalue weighted by Crippen LogP contribution is 2.42. The van der Waals surface area contributed by atoms with Crippen LogP contribution in [0.15, 0.2) is 0 Å². The first-order valence-corrected chi connectivity index (χ1v) is 17.0. The normalized spacial score (nSPS) is 28.2. The number of rotatable bonds is 2. The lowest BCUT2D eigenvalue weighted by molar-refractivity contribution is 0.0787. The maximum absolute atomic E-state index is 2.62. The first kappa shape index (κ1) is 36.9. The molecule has 1 saturated carbocycles. The molecule has 0 aromatic rings. The monoisotopic (exact) mass is 549 g/mol. The fourth-order valence-corrected chi connectivity index (χ4v) is 6.88. The Morgan fingerprint density at radius 2 is 1.03 bits per heavy atom. The average molecular weight is 549 g/mol. The summed E-state index contributed by atoms with van der Waals surface area (Å²) in [7, 11) is 0. The van der Waals surface area contributed by atoms with Crippen LogP contribution in [0.25, 0.3) is 0 Å². The number of piperidine rings is 1. The third kappa shape index (κ3) is 13.2. The molecule has 0 radical (unpaired) electrons. The maximum Gasteiger partial charge on any atom is 0.0125 e. The molecule has 2 saturated heterocycles. The molecule has 0 N–H and O–H groups in total. The Bertz CT molecular complexity index is 605. The van der Waals surface area contributed by atoms with Gasteiger partial charge in [-0.15, -0.1) is 0 Å². The van der Waals surface area contributed by atoms with Crippen LogP contribution in [0.3, 0.4) is 0 Å². The predicted molar refractivity (Wildman–Crippen MR) is 178 cm³/mol. The summed E-state index contributed by atoms with van der Waals surface area (Å²) < 4.78 is 0. The lowest BCUT2D eigenvalue weighted by Gasteiger charge is -2.41. The topological polar surface area (TPSA) is 6.48 Å². The molecular weight excluding hydrogens is 472 g/mol. The van der Waals surface area contributed by atoms with Crippen LogP contribution in [0, 0.1) is 45.8 Å². The van der Waals surface area contributed by atoms with E-state index in [4.69, 9.17) is 0 Å². The molecule has 39 heavy (non-hydrogen) atoms. The van der Waals surface area contributed by atoms with E-state index in [0.29, 0.717) is 21.8 Å². The minimum atomic E-state index is 0.361. The van der Waals surface area contributed by atoms with Crippen molar-refractivity contribution in [1.82, 2.24) is 9.80 Å². The standard InChI is InChI=1S/C13H26.2C12H25N/c1-10(2)11-7-6-8-12(9-11)13(3,4)5;1-11(2,3)10-7-8-13(9-10)12(4,5)6;1-10(2)13-8-6-7-11(9-13)12(3,4)5/h10-12H,6-9H2,1-5H3;10H,7-9H2,1-6H3;10-11H,6-9H2,1-5H3. The molecule has 2 heterocycles. The Labute approximate surface area is 248 Å². The molecule has 0 aromatic carbocycles.